The predicted molar refractivity (Wildman–Crippen MR) is 99.5 cm³/mol. The number of hydrogen-bond acceptors (Lipinski definition) is 9. The molecule has 1 atom stereocenters. The van der Waals surface area contributed by atoms with Gasteiger partial charge < -0.3 is 40.5 Å². The Morgan fingerprint density at radius 1 is 0.808 bits per heavy atom. The summed E-state index contributed by atoms with van der Waals surface area (Å²) in [5.41, 5.74) is 0. The smallest absolute Gasteiger partial charge is 0.377 e. The zero-order valence-corrected chi connectivity index (χ0v) is 19.2. The third-order valence-electron chi connectivity index (χ3n) is 3.14. The van der Waals surface area contributed by atoms with Gasteiger partial charge >= 0.3 is 17.9 Å². The molecular weight excluding hydrogens is 380 g/mol. The average Bonchev–Trinajstić information content (AvgIpc) is 3.44. The second-order valence-electron chi connectivity index (χ2n) is 5.09. The lowest BCUT2D eigenvalue weighted by Crippen LogP contribution is -2.49. The molecule has 1 aliphatic rings. The Balaban J connectivity index is 0.000000481. The maximum Gasteiger partial charge on any atom is 0.679 e. The topological polar surface area (TPSA) is 86.4 Å². The van der Waals surface area contributed by atoms with Crippen molar-refractivity contribution in [3.8, 4) is 0 Å². The zero-order chi connectivity index (χ0) is 19.9. The number of ether oxygens (including phenoxy) is 2. The van der Waals surface area contributed by atoms with Crippen molar-refractivity contribution < 1.29 is 40.5 Å². The minimum Gasteiger partial charge on any atom is -0.377 e. The van der Waals surface area contributed by atoms with E-state index < -0.39 is 17.9 Å². The Hall–Kier alpha value is 0.0738. The number of epoxide rings is 1. The van der Waals surface area contributed by atoms with Crippen LogP contribution in [-0.2, 0) is 40.5 Å². The van der Waals surface area contributed by atoms with Crippen molar-refractivity contribution >= 4 is 17.9 Å². The first-order valence-electron chi connectivity index (χ1n) is 8.94. The molecule has 1 unspecified atom stereocenters. The minimum absolute atomic E-state index is 0.199. The number of hydrogen-bond donors (Lipinski definition) is 0. The van der Waals surface area contributed by atoms with E-state index in [4.69, 9.17) is 40.5 Å². The molecule has 158 valence electrons. The summed E-state index contributed by atoms with van der Waals surface area (Å²) in [6, 6.07) is 0. The van der Waals surface area contributed by atoms with Crippen molar-refractivity contribution in [3.05, 3.63) is 0 Å². The molecule has 0 aromatic rings. The third kappa shape index (κ3) is 11.7. The van der Waals surface area contributed by atoms with Crippen molar-refractivity contribution in [2.75, 3.05) is 60.7 Å². The molecule has 11 heteroatoms. The Kier molecular flexibility index (Phi) is 15.1. The fourth-order valence-electron chi connectivity index (χ4n) is 1.65. The van der Waals surface area contributed by atoms with Crippen LogP contribution in [0.2, 0.25) is 6.55 Å². The standard InChI is InChI=1S/C8H20O4Si.C7H16O5Si/c1-5-9-13(10-6-2,11-7-3)12-8-4;1-8-13(3,9-2)12-6-10-4-7-5-11-7/h5-8H2,1-4H3;7H,4-6H2,1-3H3. The summed E-state index contributed by atoms with van der Waals surface area (Å²) in [6.07, 6.45) is 0.265. The lowest BCUT2D eigenvalue weighted by atomic mass is 10.5. The van der Waals surface area contributed by atoms with Gasteiger partial charge in [0.05, 0.1) is 13.2 Å². The Morgan fingerprint density at radius 2 is 1.23 bits per heavy atom. The van der Waals surface area contributed by atoms with Crippen LogP contribution in [0.15, 0.2) is 0 Å². The van der Waals surface area contributed by atoms with Gasteiger partial charge in [-0.2, -0.15) is 0 Å². The van der Waals surface area contributed by atoms with Crippen molar-refractivity contribution in [1.29, 1.82) is 0 Å². The van der Waals surface area contributed by atoms with Gasteiger partial charge in [-0.1, -0.05) is 0 Å². The first kappa shape index (κ1) is 26.1. The molecular formula is C15H36O9Si2. The quantitative estimate of drug-likeness (QED) is 0.172. The normalized spacial score (nSPS) is 17.0. The largest absolute Gasteiger partial charge is 0.679 e. The second kappa shape index (κ2) is 15.0. The molecule has 1 aliphatic heterocycles. The van der Waals surface area contributed by atoms with Crippen LogP contribution in [0.5, 0.6) is 0 Å². The maximum absolute atomic E-state index is 5.42. The molecule has 1 heterocycles. The summed E-state index contributed by atoms with van der Waals surface area (Å²) in [4.78, 5) is 0. The molecule has 1 fully saturated rings. The van der Waals surface area contributed by atoms with Crippen LogP contribution in [-0.4, -0.2) is 84.6 Å². The van der Waals surface area contributed by atoms with Gasteiger partial charge in [0, 0.05) is 47.2 Å². The van der Waals surface area contributed by atoms with Crippen molar-refractivity contribution in [2.24, 2.45) is 0 Å². The van der Waals surface area contributed by atoms with Gasteiger partial charge in [-0.15, -0.1) is 0 Å². The first-order valence-corrected chi connectivity index (χ1v) is 12.8. The highest BCUT2D eigenvalue weighted by Crippen LogP contribution is 2.11. The third-order valence-corrected chi connectivity index (χ3v) is 7.83. The molecule has 1 rings (SSSR count). The van der Waals surface area contributed by atoms with Gasteiger partial charge in [-0.05, 0) is 27.7 Å². The molecule has 1 saturated heterocycles. The van der Waals surface area contributed by atoms with E-state index in [2.05, 4.69) is 0 Å². The van der Waals surface area contributed by atoms with Gasteiger partial charge in [0.2, 0.25) is 0 Å². The monoisotopic (exact) mass is 416 g/mol. The summed E-state index contributed by atoms with van der Waals surface area (Å²) >= 11 is 0. The van der Waals surface area contributed by atoms with Crippen LogP contribution in [0.4, 0.5) is 0 Å². The summed E-state index contributed by atoms with van der Waals surface area (Å²) in [5.74, 6) is 0. The maximum atomic E-state index is 5.42. The van der Waals surface area contributed by atoms with Crippen LogP contribution >= 0.6 is 0 Å². The average molecular weight is 417 g/mol. The fraction of sp³-hybridized carbons (Fsp3) is 1.00. The van der Waals surface area contributed by atoms with E-state index in [1.54, 1.807) is 14.2 Å². The van der Waals surface area contributed by atoms with Gasteiger partial charge in [0.1, 0.15) is 12.9 Å². The Bertz CT molecular complexity index is 299. The molecule has 26 heavy (non-hydrogen) atoms. The fourth-order valence-corrected chi connectivity index (χ4v) is 4.26. The van der Waals surface area contributed by atoms with E-state index in [1.807, 2.05) is 34.2 Å². The SMILES string of the molecule is CCO[Si](OCC)(OCC)OCC.CO[Si](C)(OC)OCOCC1CO1. The molecule has 0 saturated carbocycles. The Morgan fingerprint density at radius 3 is 1.54 bits per heavy atom. The molecule has 9 nitrogen and oxygen atoms in total. The highest BCUT2D eigenvalue weighted by atomic mass is 28.4. The van der Waals surface area contributed by atoms with Crippen molar-refractivity contribution in [3.63, 3.8) is 0 Å². The van der Waals surface area contributed by atoms with Crippen LogP contribution in [0.1, 0.15) is 27.7 Å². The molecule has 0 spiro atoms. The van der Waals surface area contributed by atoms with E-state index >= 15 is 0 Å². The van der Waals surface area contributed by atoms with Gasteiger partial charge in [0.15, 0.2) is 0 Å². The van der Waals surface area contributed by atoms with Crippen molar-refractivity contribution in [1.82, 2.24) is 0 Å². The molecule has 0 amide bonds. The molecule has 0 bridgehead atoms. The molecule has 0 radical (unpaired) electrons. The summed E-state index contributed by atoms with van der Waals surface area (Å²) in [5, 5.41) is 0. The molecule has 0 aliphatic carbocycles. The van der Waals surface area contributed by atoms with Crippen LogP contribution in [0.3, 0.4) is 0 Å². The van der Waals surface area contributed by atoms with Gasteiger partial charge in [-0.25, -0.2) is 0 Å². The summed E-state index contributed by atoms with van der Waals surface area (Å²) < 4.78 is 47.3. The highest BCUT2D eigenvalue weighted by molar-refractivity contribution is 6.59. The van der Waals surface area contributed by atoms with Crippen LogP contribution in [0.25, 0.3) is 0 Å². The predicted octanol–water partition coefficient (Wildman–Crippen LogP) is 1.81. The Labute approximate surface area is 159 Å². The summed E-state index contributed by atoms with van der Waals surface area (Å²) in [7, 11) is -2.07. The van der Waals surface area contributed by atoms with Crippen LogP contribution in [0, 0.1) is 0 Å². The summed E-state index contributed by atoms with van der Waals surface area (Å²) in [6.45, 7) is 13.2. The second-order valence-corrected chi connectivity index (χ2v) is 10.1. The van der Waals surface area contributed by atoms with E-state index in [0.717, 1.165) is 6.61 Å². The van der Waals surface area contributed by atoms with Crippen LogP contribution < -0.4 is 0 Å². The van der Waals surface area contributed by atoms with E-state index in [1.165, 1.54) is 0 Å². The van der Waals surface area contributed by atoms with Crippen molar-refractivity contribution in [2.45, 2.75) is 40.3 Å². The first-order chi connectivity index (χ1) is 12.4. The lowest BCUT2D eigenvalue weighted by molar-refractivity contribution is -0.0344. The minimum atomic E-state index is -2.80. The molecule has 0 aromatic carbocycles. The zero-order valence-electron chi connectivity index (χ0n) is 17.2. The number of rotatable bonds is 15. The molecule has 0 N–H and O–H groups in total. The highest BCUT2D eigenvalue weighted by Gasteiger charge is 2.44. The van der Waals surface area contributed by atoms with E-state index in [9.17, 15) is 0 Å². The lowest BCUT2D eigenvalue weighted by Gasteiger charge is -2.26. The van der Waals surface area contributed by atoms with E-state index in [-0.39, 0.29) is 12.9 Å². The van der Waals surface area contributed by atoms with E-state index in [0.29, 0.717) is 33.0 Å². The van der Waals surface area contributed by atoms with Gasteiger partial charge in [0.25, 0.3) is 0 Å². The molecule has 0 aromatic heterocycles. The van der Waals surface area contributed by atoms with Gasteiger partial charge in [-0.3, -0.25) is 0 Å².